The molecule has 14 nitrogen and oxygen atoms in total. The van der Waals surface area contributed by atoms with Crippen molar-refractivity contribution >= 4 is 5.97 Å². The first-order valence-corrected chi connectivity index (χ1v) is 24.8. The highest BCUT2D eigenvalue weighted by atomic mass is 16.7. The third-order valence-corrected chi connectivity index (χ3v) is 12.0. The molecule has 62 heavy (non-hydrogen) atoms. The number of rotatable bonds is 39. The normalized spacial score (nSPS) is 27.2. The van der Waals surface area contributed by atoms with Gasteiger partial charge in [-0.1, -0.05) is 154 Å². The van der Waals surface area contributed by atoms with Gasteiger partial charge in [0.05, 0.1) is 26.4 Å². The predicted molar refractivity (Wildman–Crippen MR) is 238 cm³/mol. The second kappa shape index (κ2) is 36.9. The topological polar surface area (TPSA) is 214 Å². The fourth-order valence-corrected chi connectivity index (χ4v) is 7.91. The van der Waals surface area contributed by atoms with Gasteiger partial charge in [0.1, 0.15) is 54.9 Å². The van der Waals surface area contributed by atoms with Crippen LogP contribution in [0.1, 0.15) is 187 Å². The summed E-state index contributed by atoms with van der Waals surface area (Å²) in [6, 6.07) is 0. The van der Waals surface area contributed by atoms with Crippen LogP contribution >= 0.6 is 0 Å². The van der Waals surface area contributed by atoms with Gasteiger partial charge in [0.2, 0.25) is 0 Å². The van der Waals surface area contributed by atoms with Gasteiger partial charge < -0.3 is 64.2 Å². The summed E-state index contributed by atoms with van der Waals surface area (Å²) in [5.41, 5.74) is 0. The Balaban J connectivity index is 1.54. The Morgan fingerprint density at radius 2 is 0.952 bits per heavy atom. The molecule has 0 aromatic heterocycles. The molecule has 0 radical (unpaired) electrons. The Morgan fingerprint density at radius 3 is 1.45 bits per heavy atom. The molecule has 2 fully saturated rings. The fourth-order valence-electron chi connectivity index (χ4n) is 7.91. The lowest BCUT2D eigenvalue weighted by Gasteiger charge is -2.42. The molecule has 0 amide bonds. The van der Waals surface area contributed by atoms with Gasteiger partial charge in [-0.05, 0) is 38.5 Å². The molecular formula is C48H90O14. The van der Waals surface area contributed by atoms with Crippen LogP contribution in [-0.4, -0.2) is 142 Å². The SMILES string of the molecule is CCCCCCCCCC/C=C\CCCCCCCCCCCCCCCCOCC(COC1OC(COC2OC(CO)C(O)C(O)C2O)C(O)C(O)C1O)OC(=O)CCCC. The van der Waals surface area contributed by atoms with Crippen molar-refractivity contribution < 1.29 is 69.0 Å². The minimum atomic E-state index is -1.70. The van der Waals surface area contributed by atoms with Crippen molar-refractivity contribution in [1.29, 1.82) is 0 Å². The Hall–Kier alpha value is -1.27. The summed E-state index contributed by atoms with van der Waals surface area (Å²) in [4.78, 5) is 12.5. The van der Waals surface area contributed by atoms with Crippen LogP contribution in [0.25, 0.3) is 0 Å². The lowest BCUT2D eigenvalue weighted by atomic mass is 9.98. The van der Waals surface area contributed by atoms with E-state index in [2.05, 4.69) is 19.1 Å². The molecule has 2 aliphatic heterocycles. The van der Waals surface area contributed by atoms with Crippen LogP contribution in [0.5, 0.6) is 0 Å². The molecule has 366 valence electrons. The molecular weight excluding hydrogens is 801 g/mol. The number of unbranched alkanes of at least 4 members (excludes halogenated alkanes) is 23. The molecule has 2 saturated heterocycles. The van der Waals surface area contributed by atoms with Crippen molar-refractivity contribution in [3.63, 3.8) is 0 Å². The van der Waals surface area contributed by atoms with E-state index in [0.29, 0.717) is 13.0 Å². The largest absolute Gasteiger partial charge is 0.457 e. The number of allylic oxidation sites excluding steroid dienone is 2. The smallest absolute Gasteiger partial charge is 0.306 e. The summed E-state index contributed by atoms with van der Waals surface area (Å²) in [5, 5.41) is 71.5. The lowest BCUT2D eigenvalue weighted by Crippen LogP contribution is -2.61. The Labute approximate surface area is 374 Å². The van der Waals surface area contributed by atoms with Crippen LogP contribution in [0.4, 0.5) is 0 Å². The maximum absolute atomic E-state index is 12.5. The number of hydrogen-bond acceptors (Lipinski definition) is 14. The zero-order valence-corrected chi connectivity index (χ0v) is 38.6. The molecule has 0 aliphatic carbocycles. The van der Waals surface area contributed by atoms with Crippen LogP contribution in [0.2, 0.25) is 0 Å². The highest BCUT2D eigenvalue weighted by Crippen LogP contribution is 2.26. The molecule has 0 aromatic carbocycles. The zero-order chi connectivity index (χ0) is 45.2. The van der Waals surface area contributed by atoms with E-state index < -0.39 is 86.7 Å². The standard InChI is InChI=1S/C48H90O14/c1-3-5-7-8-9-10-11-12-13-14-15-16-17-18-19-20-21-22-23-24-25-26-27-28-29-30-32-57-34-37(60-40(50)31-6-4-2)35-58-47-46(56)44(54)42(52)39(62-47)36-59-48-45(55)43(53)41(51)38(33-49)61-48/h14-15,37-39,41-49,51-56H,3-13,16-36H2,1-2H3/b15-14-. The molecule has 14 heteroatoms. The Kier molecular flexibility index (Phi) is 33.8. The van der Waals surface area contributed by atoms with Crippen molar-refractivity contribution in [2.24, 2.45) is 0 Å². The molecule has 2 aliphatic rings. The van der Waals surface area contributed by atoms with Crippen molar-refractivity contribution in [3.8, 4) is 0 Å². The summed E-state index contributed by atoms with van der Waals surface area (Å²) in [7, 11) is 0. The van der Waals surface area contributed by atoms with Crippen molar-refractivity contribution in [1.82, 2.24) is 0 Å². The van der Waals surface area contributed by atoms with Crippen molar-refractivity contribution in [2.75, 3.05) is 33.0 Å². The number of aliphatic hydroxyl groups is 7. The first-order valence-electron chi connectivity index (χ1n) is 24.8. The van der Waals surface area contributed by atoms with E-state index >= 15 is 0 Å². The quantitative estimate of drug-likeness (QED) is 0.0195. The van der Waals surface area contributed by atoms with E-state index in [9.17, 15) is 40.5 Å². The van der Waals surface area contributed by atoms with Crippen molar-refractivity contribution in [3.05, 3.63) is 12.2 Å². The number of hydrogen-bond donors (Lipinski definition) is 7. The molecule has 11 unspecified atom stereocenters. The third kappa shape index (κ3) is 24.9. The van der Waals surface area contributed by atoms with E-state index in [-0.39, 0.29) is 19.6 Å². The molecule has 0 saturated carbocycles. The summed E-state index contributed by atoms with van der Waals surface area (Å²) < 4.78 is 33.8. The second-order valence-corrected chi connectivity index (χ2v) is 17.6. The lowest BCUT2D eigenvalue weighted by molar-refractivity contribution is -0.332. The summed E-state index contributed by atoms with van der Waals surface area (Å²) in [6.07, 6.45) is 21.6. The third-order valence-electron chi connectivity index (χ3n) is 12.0. The van der Waals surface area contributed by atoms with Gasteiger partial charge in [0.25, 0.3) is 0 Å². The first-order chi connectivity index (χ1) is 30.1. The van der Waals surface area contributed by atoms with Crippen LogP contribution < -0.4 is 0 Å². The van der Waals surface area contributed by atoms with Crippen LogP contribution in [0.3, 0.4) is 0 Å². The van der Waals surface area contributed by atoms with E-state index in [1.54, 1.807) is 0 Å². The molecule has 0 bridgehead atoms. The second-order valence-electron chi connectivity index (χ2n) is 17.6. The predicted octanol–water partition coefficient (Wildman–Crippen LogP) is 6.68. The summed E-state index contributed by atoms with van der Waals surface area (Å²) in [6.45, 7) is 3.44. The summed E-state index contributed by atoms with van der Waals surface area (Å²) in [5.74, 6) is -0.409. The number of esters is 1. The maximum Gasteiger partial charge on any atom is 0.306 e. The number of carbonyl (C=O) groups is 1. The van der Waals surface area contributed by atoms with Gasteiger partial charge in [-0.25, -0.2) is 0 Å². The zero-order valence-electron chi connectivity index (χ0n) is 38.6. The highest BCUT2D eigenvalue weighted by molar-refractivity contribution is 5.69. The van der Waals surface area contributed by atoms with Gasteiger partial charge in [0.15, 0.2) is 12.6 Å². The van der Waals surface area contributed by atoms with Gasteiger partial charge in [-0.2, -0.15) is 0 Å². The Morgan fingerprint density at radius 1 is 0.516 bits per heavy atom. The van der Waals surface area contributed by atoms with Gasteiger partial charge >= 0.3 is 5.97 Å². The van der Waals surface area contributed by atoms with E-state index in [1.807, 2.05) is 6.92 Å². The van der Waals surface area contributed by atoms with Crippen molar-refractivity contribution in [2.45, 2.75) is 255 Å². The molecule has 2 rings (SSSR count). The fraction of sp³-hybridized carbons (Fsp3) is 0.938. The average molecular weight is 891 g/mol. The van der Waals surface area contributed by atoms with E-state index in [1.165, 1.54) is 135 Å². The molecule has 0 spiro atoms. The monoisotopic (exact) mass is 891 g/mol. The van der Waals surface area contributed by atoms with Gasteiger partial charge in [-0.15, -0.1) is 0 Å². The van der Waals surface area contributed by atoms with Gasteiger partial charge in [0, 0.05) is 13.0 Å². The molecule has 0 aromatic rings. The number of aliphatic hydroxyl groups excluding tert-OH is 7. The first kappa shape index (κ1) is 56.9. The van der Waals surface area contributed by atoms with Gasteiger partial charge in [-0.3, -0.25) is 4.79 Å². The average Bonchev–Trinajstić information content (AvgIpc) is 3.27. The van der Waals surface area contributed by atoms with Crippen LogP contribution in [0, 0.1) is 0 Å². The molecule has 2 heterocycles. The molecule has 11 atom stereocenters. The number of carbonyl (C=O) groups excluding carboxylic acids is 1. The van der Waals surface area contributed by atoms with E-state index in [0.717, 1.165) is 25.7 Å². The van der Waals surface area contributed by atoms with E-state index in [4.69, 9.17) is 28.4 Å². The molecule has 7 N–H and O–H groups in total. The minimum absolute atomic E-state index is 0.0618. The highest BCUT2D eigenvalue weighted by Gasteiger charge is 2.47. The number of ether oxygens (including phenoxy) is 6. The summed E-state index contributed by atoms with van der Waals surface area (Å²) >= 11 is 0. The Bertz CT molecular complexity index is 1080. The van der Waals surface area contributed by atoms with Crippen LogP contribution in [0.15, 0.2) is 12.2 Å². The maximum atomic E-state index is 12.5. The van der Waals surface area contributed by atoms with Crippen LogP contribution in [-0.2, 0) is 33.2 Å². The minimum Gasteiger partial charge on any atom is -0.457 e.